The van der Waals surface area contributed by atoms with E-state index in [1.54, 1.807) is 24.3 Å². The summed E-state index contributed by atoms with van der Waals surface area (Å²) < 4.78 is 15.3. The summed E-state index contributed by atoms with van der Waals surface area (Å²) in [5, 5.41) is 12.1. The highest BCUT2D eigenvalue weighted by Crippen LogP contribution is 2.38. The lowest BCUT2D eigenvalue weighted by Gasteiger charge is -2.33. The van der Waals surface area contributed by atoms with Gasteiger partial charge < -0.3 is 10.7 Å². The molecule has 9 heteroatoms. The molecular weight excluding hydrogens is 425 g/mol. The van der Waals surface area contributed by atoms with Gasteiger partial charge in [0.1, 0.15) is 11.1 Å². The predicted molar refractivity (Wildman–Crippen MR) is 117 cm³/mol. The third-order valence-corrected chi connectivity index (χ3v) is 6.37. The van der Waals surface area contributed by atoms with Crippen molar-refractivity contribution in [1.29, 1.82) is 0 Å². The van der Waals surface area contributed by atoms with Crippen molar-refractivity contribution in [3.05, 3.63) is 70.3 Å². The zero-order valence-electron chi connectivity index (χ0n) is 16.5. The Hall–Kier alpha value is -2.58. The van der Waals surface area contributed by atoms with E-state index in [9.17, 15) is 9.18 Å². The van der Waals surface area contributed by atoms with Crippen molar-refractivity contribution in [3.63, 3.8) is 0 Å². The van der Waals surface area contributed by atoms with E-state index in [4.69, 9.17) is 11.6 Å². The third-order valence-electron chi connectivity index (χ3n) is 4.92. The molecule has 2 aromatic carbocycles. The first kappa shape index (κ1) is 20.7. The van der Waals surface area contributed by atoms with Gasteiger partial charge in [-0.1, -0.05) is 48.5 Å². The predicted octanol–water partition coefficient (Wildman–Crippen LogP) is 4.73. The minimum Gasteiger partial charge on any atom is -0.325 e. The lowest BCUT2D eigenvalue weighted by molar-refractivity contribution is -0.116. The Morgan fingerprint density at radius 1 is 1.27 bits per heavy atom. The number of benzene rings is 2. The first-order valence-corrected chi connectivity index (χ1v) is 10.9. The number of carbonyl (C=O) groups excluding carboxylic acids is 1. The molecule has 0 spiro atoms. The number of aromatic nitrogens is 3. The SMILES string of the molecule is CCCc1nnc2n1N[C@@H](c1ccc(F)cc1)[C@@H](C(=O)Nc1cc(Cl)ccc1C)S2. The van der Waals surface area contributed by atoms with Crippen molar-refractivity contribution in [1.82, 2.24) is 14.9 Å². The number of hydrogen-bond donors (Lipinski definition) is 2. The molecule has 30 heavy (non-hydrogen) atoms. The fraction of sp³-hybridized carbons (Fsp3) is 0.286. The van der Waals surface area contributed by atoms with E-state index in [0.29, 0.717) is 15.9 Å². The molecule has 0 radical (unpaired) electrons. The van der Waals surface area contributed by atoms with Crippen LogP contribution in [0, 0.1) is 12.7 Å². The zero-order chi connectivity index (χ0) is 21.3. The van der Waals surface area contributed by atoms with E-state index in [0.717, 1.165) is 29.8 Å². The maximum atomic E-state index is 13.5. The summed E-state index contributed by atoms with van der Waals surface area (Å²) in [7, 11) is 0. The Kier molecular flexibility index (Phi) is 5.97. The molecule has 6 nitrogen and oxygen atoms in total. The van der Waals surface area contributed by atoms with Gasteiger partial charge in [0.15, 0.2) is 5.82 Å². The number of nitrogens with zero attached hydrogens (tertiary/aromatic N) is 3. The number of nitrogens with one attached hydrogen (secondary N) is 2. The molecule has 1 aromatic heterocycles. The van der Waals surface area contributed by atoms with Crippen molar-refractivity contribution in [2.75, 3.05) is 10.7 Å². The molecule has 2 heterocycles. The van der Waals surface area contributed by atoms with Gasteiger partial charge in [-0.15, -0.1) is 10.2 Å². The average Bonchev–Trinajstić information content (AvgIpc) is 3.12. The quantitative estimate of drug-likeness (QED) is 0.594. The minimum atomic E-state index is -0.542. The highest BCUT2D eigenvalue weighted by Gasteiger charge is 2.38. The third kappa shape index (κ3) is 4.15. The van der Waals surface area contributed by atoms with Crippen LogP contribution in [0.25, 0.3) is 0 Å². The molecule has 3 aromatic rings. The Bertz CT molecular complexity index is 1070. The second-order valence-electron chi connectivity index (χ2n) is 7.13. The van der Waals surface area contributed by atoms with Gasteiger partial charge in [0.2, 0.25) is 11.1 Å². The molecule has 0 bridgehead atoms. The van der Waals surface area contributed by atoms with Gasteiger partial charge in [0, 0.05) is 17.1 Å². The van der Waals surface area contributed by atoms with Crippen molar-refractivity contribution in [2.45, 2.75) is 43.1 Å². The van der Waals surface area contributed by atoms with Gasteiger partial charge in [0.25, 0.3) is 0 Å². The molecule has 0 unspecified atom stereocenters. The summed E-state index contributed by atoms with van der Waals surface area (Å²) in [4.78, 5) is 13.3. The smallest absolute Gasteiger partial charge is 0.240 e. The summed E-state index contributed by atoms with van der Waals surface area (Å²) in [6.07, 6.45) is 1.68. The van der Waals surface area contributed by atoms with Crippen LogP contribution < -0.4 is 10.7 Å². The van der Waals surface area contributed by atoms with E-state index in [2.05, 4.69) is 27.9 Å². The van der Waals surface area contributed by atoms with Crippen LogP contribution in [0.5, 0.6) is 0 Å². The number of amides is 1. The van der Waals surface area contributed by atoms with Crippen molar-refractivity contribution < 1.29 is 9.18 Å². The highest BCUT2D eigenvalue weighted by atomic mass is 35.5. The van der Waals surface area contributed by atoms with Crippen LogP contribution in [-0.2, 0) is 11.2 Å². The summed E-state index contributed by atoms with van der Waals surface area (Å²) in [5.74, 6) is 0.282. The summed E-state index contributed by atoms with van der Waals surface area (Å²) in [6.45, 7) is 3.97. The van der Waals surface area contributed by atoms with Crippen molar-refractivity contribution in [3.8, 4) is 0 Å². The fourth-order valence-corrected chi connectivity index (χ4v) is 4.61. The Balaban J connectivity index is 1.68. The highest BCUT2D eigenvalue weighted by molar-refractivity contribution is 8.00. The van der Waals surface area contributed by atoms with E-state index in [1.807, 2.05) is 17.7 Å². The molecule has 2 atom stereocenters. The molecule has 0 saturated heterocycles. The molecule has 4 rings (SSSR count). The molecule has 1 aliphatic heterocycles. The lowest BCUT2D eigenvalue weighted by Crippen LogP contribution is -2.41. The van der Waals surface area contributed by atoms with Gasteiger partial charge in [-0.05, 0) is 48.7 Å². The van der Waals surface area contributed by atoms with Gasteiger partial charge in [-0.25, -0.2) is 9.07 Å². The second kappa shape index (κ2) is 8.65. The number of carbonyl (C=O) groups is 1. The molecule has 1 amide bonds. The van der Waals surface area contributed by atoms with Gasteiger partial charge >= 0.3 is 0 Å². The lowest BCUT2D eigenvalue weighted by atomic mass is 10.0. The monoisotopic (exact) mass is 445 g/mol. The van der Waals surface area contributed by atoms with E-state index >= 15 is 0 Å². The number of fused-ring (bicyclic) bond motifs is 1. The maximum Gasteiger partial charge on any atom is 0.240 e. The van der Waals surface area contributed by atoms with Crippen LogP contribution in [0.2, 0.25) is 5.02 Å². The summed E-state index contributed by atoms with van der Waals surface area (Å²) in [6, 6.07) is 11.1. The topological polar surface area (TPSA) is 71.8 Å². The van der Waals surface area contributed by atoms with Crippen molar-refractivity contribution >= 4 is 35.0 Å². The zero-order valence-corrected chi connectivity index (χ0v) is 18.1. The molecule has 156 valence electrons. The van der Waals surface area contributed by atoms with Crippen molar-refractivity contribution in [2.24, 2.45) is 0 Å². The molecule has 0 aliphatic carbocycles. The second-order valence-corrected chi connectivity index (χ2v) is 8.67. The van der Waals surface area contributed by atoms with Gasteiger partial charge in [-0.2, -0.15) is 0 Å². The molecule has 0 fully saturated rings. The van der Waals surface area contributed by atoms with Crippen LogP contribution in [0.15, 0.2) is 47.6 Å². The first-order valence-electron chi connectivity index (χ1n) is 9.66. The molecule has 1 aliphatic rings. The fourth-order valence-electron chi connectivity index (χ4n) is 3.34. The van der Waals surface area contributed by atoms with Crippen LogP contribution in [0.3, 0.4) is 0 Å². The molecular formula is C21H21ClFN5OS. The number of anilines is 1. The summed E-state index contributed by atoms with van der Waals surface area (Å²) in [5.41, 5.74) is 5.74. The van der Waals surface area contributed by atoms with Crippen LogP contribution in [0.4, 0.5) is 10.1 Å². The number of aryl methyl sites for hydroxylation is 2. The number of thioether (sulfide) groups is 1. The average molecular weight is 446 g/mol. The summed E-state index contributed by atoms with van der Waals surface area (Å²) >= 11 is 7.44. The van der Waals surface area contributed by atoms with Crippen LogP contribution in [-0.4, -0.2) is 26.0 Å². The Morgan fingerprint density at radius 2 is 2.03 bits per heavy atom. The molecule has 0 saturated carbocycles. The first-order chi connectivity index (χ1) is 14.5. The molecule has 2 N–H and O–H groups in total. The minimum absolute atomic E-state index is 0.196. The van der Waals surface area contributed by atoms with Crippen LogP contribution in [0.1, 0.15) is 36.3 Å². The number of halogens is 2. The van der Waals surface area contributed by atoms with E-state index in [1.165, 1.54) is 23.9 Å². The number of hydrogen-bond acceptors (Lipinski definition) is 5. The van der Waals surface area contributed by atoms with Gasteiger partial charge in [-0.3, -0.25) is 4.79 Å². The van der Waals surface area contributed by atoms with Crippen LogP contribution >= 0.6 is 23.4 Å². The maximum absolute atomic E-state index is 13.5. The standard InChI is InChI=1S/C21H21ClFN5OS/c1-3-4-17-25-26-21-28(17)27-18(13-6-9-15(23)10-7-13)19(30-21)20(29)24-16-11-14(22)8-5-12(16)2/h5-11,18-19,27H,3-4H2,1-2H3,(H,24,29)/t18-,19-/m0/s1. The number of rotatable bonds is 5. The largest absolute Gasteiger partial charge is 0.325 e. The van der Waals surface area contributed by atoms with E-state index in [-0.39, 0.29) is 11.7 Å². The Labute approximate surface area is 183 Å². The normalized spacial score (nSPS) is 17.9. The Morgan fingerprint density at radius 3 is 2.77 bits per heavy atom. The van der Waals surface area contributed by atoms with Gasteiger partial charge in [0.05, 0.1) is 6.04 Å². The van der Waals surface area contributed by atoms with E-state index < -0.39 is 11.3 Å².